The Labute approximate surface area is 293 Å². The van der Waals surface area contributed by atoms with Crippen LogP contribution in [0.4, 0.5) is 0 Å². The number of hydrogen-bond donors (Lipinski definition) is 0. The molecule has 0 rings (SSSR count). The van der Waals surface area contributed by atoms with Gasteiger partial charge in [0.15, 0.2) is 0 Å². The highest BCUT2D eigenvalue weighted by molar-refractivity contribution is 6.17. The summed E-state index contributed by atoms with van der Waals surface area (Å²) in [6, 6.07) is 0. The molecule has 0 aliphatic heterocycles. The molecule has 0 saturated heterocycles. The molecule has 0 spiro atoms. The van der Waals surface area contributed by atoms with Gasteiger partial charge in [-0.2, -0.15) is 0 Å². The molecule has 284 valence electrons. The van der Waals surface area contributed by atoms with Gasteiger partial charge in [0.2, 0.25) is 0 Å². The third-order valence-corrected chi connectivity index (χ3v) is 7.37. The molecule has 10 nitrogen and oxygen atoms in total. The quantitative estimate of drug-likeness (QED) is 0.0495. The van der Waals surface area contributed by atoms with Crippen molar-refractivity contribution in [2.45, 2.75) is 96.8 Å². The Bertz CT molecular complexity index is 492. The van der Waals surface area contributed by atoms with E-state index in [0.717, 1.165) is 13.0 Å². The van der Waals surface area contributed by atoms with Gasteiger partial charge in [-0.1, -0.05) is 90.4 Å². The maximum atomic E-state index is 5.68. The summed E-state index contributed by atoms with van der Waals surface area (Å²) in [5.74, 6) is 0.503. The maximum Gasteiger partial charge on any atom is 0.0701 e. The largest absolute Gasteiger partial charge is 0.379 e. The molecule has 0 atom stereocenters. The molecule has 0 unspecified atom stereocenters. The molecular formula is C36H73ClO10. The summed E-state index contributed by atoms with van der Waals surface area (Å²) in [6.07, 6.45) is 19.3. The highest BCUT2D eigenvalue weighted by atomic mass is 35.5. The molecule has 0 radical (unpaired) electrons. The Morgan fingerprint density at radius 1 is 0.234 bits per heavy atom. The second kappa shape index (κ2) is 45.9. The zero-order valence-corrected chi connectivity index (χ0v) is 31.0. The zero-order chi connectivity index (χ0) is 33.8. The minimum Gasteiger partial charge on any atom is -0.379 e. The number of halogens is 1. The van der Waals surface area contributed by atoms with Crippen molar-refractivity contribution in [1.82, 2.24) is 0 Å². The Balaban J connectivity index is 3.03. The van der Waals surface area contributed by atoms with E-state index < -0.39 is 0 Å². The van der Waals surface area contributed by atoms with Gasteiger partial charge in [-0.3, -0.25) is 0 Å². The molecule has 11 heteroatoms. The SMILES string of the molecule is CCCCCCCCCCCCCCCCOCCOCCOCCOCCOCCOCCOCCOCCOCCOCCCl. The van der Waals surface area contributed by atoms with E-state index in [1.807, 2.05) is 0 Å². The second-order valence-corrected chi connectivity index (χ2v) is 11.8. The van der Waals surface area contributed by atoms with Crippen LogP contribution in [0, 0.1) is 0 Å². The first-order chi connectivity index (χ1) is 23.4. The van der Waals surface area contributed by atoms with Crippen LogP contribution in [0.1, 0.15) is 96.8 Å². The smallest absolute Gasteiger partial charge is 0.0701 e. The zero-order valence-electron chi connectivity index (χ0n) is 30.2. The molecule has 0 N–H and O–H groups in total. The molecule has 0 aliphatic carbocycles. The minimum absolute atomic E-state index is 0.503. The lowest BCUT2D eigenvalue weighted by Gasteiger charge is -2.09. The monoisotopic (exact) mass is 700 g/mol. The van der Waals surface area contributed by atoms with Crippen molar-refractivity contribution in [2.75, 3.05) is 138 Å². The maximum absolute atomic E-state index is 5.68. The highest BCUT2D eigenvalue weighted by Crippen LogP contribution is 2.13. The van der Waals surface area contributed by atoms with Crippen molar-refractivity contribution in [2.24, 2.45) is 0 Å². The van der Waals surface area contributed by atoms with Crippen molar-refractivity contribution in [3.05, 3.63) is 0 Å². The number of alkyl halides is 1. The molecule has 0 saturated carbocycles. The van der Waals surface area contributed by atoms with E-state index in [9.17, 15) is 0 Å². The van der Waals surface area contributed by atoms with Crippen molar-refractivity contribution in [1.29, 1.82) is 0 Å². The number of ether oxygens (including phenoxy) is 10. The molecule has 0 aliphatic rings. The average Bonchev–Trinajstić information content (AvgIpc) is 3.08. The standard InChI is InChI=1S/C36H73ClO10/c1-2-3-4-5-6-7-8-9-10-11-12-13-14-15-17-38-19-21-40-23-25-42-27-29-44-31-33-46-35-36-47-34-32-45-30-28-43-26-24-41-22-20-39-18-16-37/h2-36H2,1H3. The van der Waals surface area contributed by atoms with E-state index in [1.54, 1.807) is 0 Å². The third-order valence-electron chi connectivity index (χ3n) is 7.21. The summed E-state index contributed by atoms with van der Waals surface area (Å²) in [6.45, 7) is 13.6. The van der Waals surface area contributed by atoms with Crippen molar-refractivity contribution < 1.29 is 47.4 Å². The summed E-state index contributed by atoms with van der Waals surface area (Å²) >= 11 is 5.52. The van der Waals surface area contributed by atoms with Crippen LogP contribution in [0.3, 0.4) is 0 Å². The van der Waals surface area contributed by atoms with Gasteiger partial charge >= 0.3 is 0 Å². The lowest BCUT2D eigenvalue weighted by atomic mass is 10.0. The van der Waals surface area contributed by atoms with Crippen LogP contribution in [0.2, 0.25) is 0 Å². The van der Waals surface area contributed by atoms with Crippen LogP contribution in [0.15, 0.2) is 0 Å². The van der Waals surface area contributed by atoms with Gasteiger partial charge < -0.3 is 47.4 Å². The van der Waals surface area contributed by atoms with Crippen LogP contribution in [0.25, 0.3) is 0 Å². The van der Waals surface area contributed by atoms with Gasteiger partial charge in [-0.05, 0) is 6.42 Å². The highest BCUT2D eigenvalue weighted by Gasteiger charge is 1.97. The molecular weight excluding hydrogens is 628 g/mol. The Morgan fingerprint density at radius 3 is 0.660 bits per heavy atom. The summed E-state index contributed by atoms with van der Waals surface area (Å²) in [5.41, 5.74) is 0. The van der Waals surface area contributed by atoms with Crippen LogP contribution in [-0.4, -0.2) is 138 Å². The van der Waals surface area contributed by atoms with E-state index >= 15 is 0 Å². The predicted octanol–water partition coefficient (Wildman–Crippen LogP) is 6.87. The average molecular weight is 701 g/mol. The molecule has 0 aromatic rings. The first-order valence-electron chi connectivity index (χ1n) is 18.7. The van der Waals surface area contributed by atoms with Gasteiger partial charge in [0, 0.05) is 12.5 Å². The first kappa shape index (κ1) is 46.9. The molecule has 0 fully saturated rings. The fourth-order valence-corrected chi connectivity index (χ4v) is 4.64. The Kier molecular flexibility index (Phi) is 45.8. The van der Waals surface area contributed by atoms with Crippen molar-refractivity contribution in [3.63, 3.8) is 0 Å². The van der Waals surface area contributed by atoms with Gasteiger partial charge in [0.1, 0.15) is 0 Å². The summed E-state index contributed by atoms with van der Waals surface area (Å²) in [5, 5.41) is 0. The molecule has 0 heterocycles. The molecule has 0 aromatic carbocycles. The fraction of sp³-hybridized carbons (Fsp3) is 1.00. The van der Waals surface area contributed by atoms with Gasteiger partial charge in [-0.25, -0.2) is 0 Å². The fourth-order valence-electron chi connectivity index (χ4n) is 4.53. The molecule has 0 aromatic heterocycles. The van der Waals surface area contributed by atoms with Crippen LogP contribution < -0.4 is 0 Å². The van der Waals surface area contributed by atoms with Crippen LogP contribution in [0.5, 0.6) is 0 Å². The number of unbranched alkanes of at least 4 members (excludes halogenated alkanes) is 13. The van der Waals surface area contributed by atoms with Crippen LogP contribution in [-0.2, 0) is 47.4 Å². The Hall–Kier alpha value is -0.110. The first-order valence-corrected chi connectivity index (χ1v) is 19.3. The van der Waals surface area contributed by atoms with E-state index in [-0.39, 0.29) is 0 Å². The predicted molar refractivity (Wildman–Crippen MR) is 189 cm³/mol. The van der Waals surface area contributed by atoms with E-state index in [2.05, 4.69) is 6.92 Å². The number of hydrogen-bond acceptors (Lipinski definition) is 10. The molecule has 47 heavy (non-hydrogen) atoms. The van der Waals surface area contributed by atoms with Crippen molar-refractivity contribution in [3.8, 4) is 0 Å². The topological polar surface area (TPSA) is 92.3 Å². The summed E-state index contributed by atoms with van der Waals surface area (Å²) in [7, 11) is 0. The molecule has 0 amide bonds. The minimum atomic E-state index is 0.503. The van der Waals surface area contributed by atoms with Crippen LogP contribution >= 0.6 is 11.6 Å². The molecule has 0 bridgehead atoms. The van der Waals surface area contributed by atoms with E-state index in [1.165, 1.54) is 83.5 Å². The van der Waals surface area contributed by atoms with Crippen molar-refractivity contribution >= 4 is 11.6 Å². The summed E-state index contributed by atoms with van der Waals surface area (Å²) < 4.78 is 54.7. The van der Waals surface area contributed by atoms with Gasteiger partial charge in [-0.15, -0.1) is 11.6 Å². The normalized spacial score (nSPS) is 11.6. The van der Waals surface area contributed by atoms with E-state index in [0.29, 0.717) is 131 Å². The second-order valence-electron chi connectivity index (χ2n) is 11.4. The number of rotatable bonds is 44. The lowest BCUT2D eigenvalue weighted by molar-refractivity contribution is -0.0263. The lowest BCUT2D eigenvalue weighted by Crippen LogP contribution is -2.15. The summed E-state index contributed by atoms with van der Waals surface area (Å²) in [4.78, 5) is 0. The van der Waals surface area contributed by atoms with Gasteiger partial charge in [0.05, 0.1) is 126 Å². The third kappa shape index (κ3) is 45.9. The Morgan fingerprint density at radius 2 is 0.426 bits per heavy atom. The van der Waals surface area contributed by atoms with E-state index in [4.69, 9.17) is 59.0 Å². The van der Waals surface area contributed by atoms with Gasteiger partial charge in [0.25, 0.3) is 0 Å².